The average Bonchev–Trinajstić information content (AvgIpc) is 3.08. The highest BCUT2D eigenvalue weighted by Crippen LogP contribution is 2.22. The van der Waals surface area contributed by atoms with Crippen LogP contribution in [0, 0.1) is 0 Å². The van der Waals surface area contributed by atoms with Crippen molar-refractivity contribution in [2.45, 2.75) is 25.9 Å². The predicted octanol–water partition coefficient (Wildman–Crippen LogP) is 4.50. The second-order valence-corrected chi connectivity index (χ2v) is 6.98. The quantitative estimate of drug-likeness (QED) is 0.544. The topological polar surface area (TPSA) is 46.9 Å². The molecule has 0 aliphatic heterocycles. The van der Waals surface area contributed by atoms with Gasteiger partial charge in [-0.3, -0.25) is 4.79 Å². The van der Waals surface area contributed by atoms with Gasteiger partial charge in [-0.15, -0.1) is 0 Å². The van der Waals surface area contributed by atoms with E-state index in [1.807, 2.05) is 73.7 Å². The minimum absolute atomic E-state index is 0.00276. The van der Waals surface area contributed by atoms with Gasteiger partial charge in [-0.05, 0) is 30.2 Å². The van der Waals surface area contributed by atoms with Gasteiger partial charge in [-0.1, -0.05) is 72.8 Å². The number of para-hydroxylation sites is 2. The van der Waals surface area contributed by atoms with Crippen LogP contribution in [-0.2, 0) is 17.8 Å². The molecular weight excluding hydrogens is 346 g/mol. The maximum Gasteiger partial charge on any atom is 0.224 e. The molecule has 28 heavy (non-hydrogen) atoms. The molecule has 1 atom stereocenters. The summed E-state index contributed by atoms with van der Waals surface area (Å²) < 4.78 is 2.19. The van der Waals surface area contributed by atoms with Crippen molar-refractivity contribution in [1.82, 2.24) is 14.9 Å². The molecule has 140 valence electrons. The van der Waals surface area contributed by atoms with Crippen molar-refractivity contribution in [3.05, 3.63) is 102 Å². The molecule has 0 fully saturated rings. The van der Waals surface area contributed by atoms with E-state index in [4.69, 9.17) is 4.98 Å². The third kappa shape index (κ3) is 3.96. The van der Waals surface area contributed by atoms with Gasteiger partial charge in [0.05, 0.1) is 23.5 Å². The van der Waals surface area contributed by atoms with Crippen LogP contribution in [0.25, 0.3) is 11.0 Å². The van der Waals surface area contributed by atoms with Crippen LogP contribution in [0.15, 0.2) is 84.9 Å². The molecule has 0 saturated heterocycles. The molecule has 0 spiro atoms. The Balaban J connectivity index is 1.60. The Morgan fingerprint density at radius 2 is 1.50 bits per heavy atom. The second-order valence-electron chi connectivity index (χ2n) is 6.98. The number of fused-ring (bicyclic) bond motifs is 1. The number of aromatic nitrogens is 2. The summed E-state index contributed by atoms with van der Waals surface area (Å²) in [5.74, 6) is 0.864. The number of nitrogens with one attached hydrogen (secondary N) is 1. The van der Waals surface area contributed by atoms with Crippen LogP contribution in [0.3, 0.4) is 0 Å². The smallest absolute Gasteiger partial charge is 0.224 e. The van der Waals surface area contributed by atoms with Crippen LogP contribution < -0.4 is 5.32 Å². The van der Waals surface area contributed by atoms with Crippen LogP contribution >= 0.6 is 0 Å². The molecule has 1 N–H and O–H groups in total. The number of benzene rings is 3. The van der Waals surface area contributed by atoms with Gasteiger partial charge >= 0.3 is 0 Å². The van der Waals surface area contributed by atoms with Gasteiger partial charge < -0.3 is 9.88 Å². The number of carbonyl (C=O) groups is 1. The lowest BCUT2D eigenvalue weighted by Gasteiger charge is -2.16. The summed E-state index contributed by atoms with van der Waals surface area (Å²) in [6.45, 7) is 2.71. The maximum absolute atomic E-state index is 12.5. The van der Waals surface area contributed by atoms with Gasteiger partial charge in [-0.2, -0.15) is 0 Å². The van der Waals surface area contributed by atoms with E-state index in [1.54, 1.807) is 0 Å². The van der Waals surface area contributed by atoms with Gasteiger partial charge in [0.25, 0.3) is 0 Å². The van der Waals surface area contributed by atoms with Crippen LogP contribution in [0.5, 0.6) is 0 Å². The first kappa shape index (κ1) is 18.0. The summed E-state index contributed by atoms with van der Waals surface area (Å²) in [4.78, 5) is 17.3. The molecule has 3 aromatic carbocycles. The van der Waals surface area contributed by atoms with Crippen molar-refractivity contribution in [2.24, 2.45) is 0 Å². The average molecular weight is 369 g/mol. The fourth-order valence-electron chi connectivity index (χ4n) is 3.50. The van der Waals surface area contributed by atoms with Gasteiger partial charge in [0.2, 0.25) is 5.91 Å². The number of carbonyl (C=O) groups excluding carboxylic acids is 1. The van der Waals surface area contributed by atoms with Gasteiger partial charge in [0, 0.05) is 6.54 Å². The highest BCUT2D eigenvalue weighted by atomic mass is 16.1. The van der Waals surface area contributed by atoms with E-state index in [0.717, 1.165) is 29.0 Å². The summed E-state index contributed by atoms with van der Waals surface area (Å²) in [5, 5.41) is 3.11. The third-order valence-corrected chi connectivity index (χ3v) is 4.84. The zero-order valence-corrected chi connectivity index (χ0v) is 15.9. The SMILES string of the molecule is CC(NC(=O)Cc1ccccc1)c1nc2ccccc2n1Cc1ccccc1. The Kier molecular flexibility index (Phi) is 5.20. The molecule has 4 nitrogen and oxygen atoms in total. The van der Waals surface area contributed by atoms with Crippen molar-refractivity contribution in [1.29, 1.82) is 0 Å². The van der Waals surface area contributed by atoms with Crippen molar-refractivity contribution in [2.75, 3.05) is 0 Å². The molecular formula is C24H23N3O. The van der Waals surface area contributed by atoms with E-state index >= 15 is 0 Å². The van der Waals surface area contributed by atoms with Crippen LogP contribution in [-0.4, -0.2) is 15.5 Å². The Hall–Kier alpha value is -3.40. The number of rotatable bonds is 6. The third-order valence-electron chi connectivity index (χ3n) is 4.84. The van der Waals surface area contributed by atoms with Crippen molar-refractivity contribution >= 4 is 16.9 Å². The molecule has 1 aromatic heterocycles. The lowest BCUT2D eigenvalue weighted by atomic mass is 10.1. The molecule has 1 amide bonds. The van der Waals surface area contributed by atoms with Gasteiger partial charge in [0.15, 0.2) is 0 Å². The molecule has 4 aromatic rings. The summed E-state index contributed by atoms with van der Waals surface area (Å²) in [5.41, 5.74) is 4.22. The molecule has 0 aliphatic carbocycles. The Morgan fingerprint density at radius 3 is 2.21 bits per heavy atom. The number of hydrogen-bond acceptors (Lipinski definition) is 2. The molecule has 1 unspecified atom stereocenters. The number of nitrogens with zero attached hydrogens (tertiary/aromatic N) is 2. The summed E-state index contributed by atoms with van der Waals surface area (Å²) in [7, 11) is 0. The van der Waals surface area contributed by atoms with Crippen LogP contribution in [0.2, 0.25) is 0 Å². The van der Waals surface area contributed by atoms with E-state index in [1.165, 1.54) is 5.56 Å². The lowest BCUT2D eigenvalue weighted by molar-refractivity contribution is -0.121. The standard InChI is InChI=1S/C24H23N3O/c1-18(25-23(28)16-19-10-4-2-5-11-19)24-26-21-14-8-9-15-22(21)27(24)17-20-12-6-3-7-13-20/h2-15,18H,16-17H2,1H3,(H,25,28). The fourth-order valence-corrected chi connectivity index (χ4v) is 3.50. The maximum atomic E-state index is 12.5. The number of imidazole rings is 1. The molecule has 0 radical (unpaired) electrons. The zero-order chi connectivity index (χ0) is 19.3. The minimum atomic E-state index is -0.188. The molecule has 4 rings (SSSR count). The van der Waals surface area contributed by atoms with E-state index in [9.17, 15) is 4.79 Å². The molecule has 0 aliphatic rings. The zero-order valence-electron chi connectivity index (χ0n) is 15.9. The summed E-state index contributed by atoms with van der Waals surface area (Å²) >= 11 is 0. The molecule has 0 saturated carbocycles. The summed E-state index contributed by atoms with van der Waals surface area (Å²) in [6, 6.07) is 28.0. The summed E-state index contributed by atoms with van der Waals surface area (Å²) in [6.07, 6.45) is 0.365. The Labute approximate surface area is 164 Å². The molecule has 4 heteroatoms. The van der Waals surface area contributed by atoms with Crippen molar-refractivity contribution in [3.63, 3.8) is 0 Å². The van der Waals surface area contributed by atoms with E-state index in [-0.39, 0.29) is 11.9 Å². The van der Waals surface area contributed by atoms with Gasteiger partial charge in [-0.25, -0.2) is 4.98 Å². The molecule has 1 heterocycles. The number of amides is 1. The minimum Gasteiger partial charge on any atom is -0.346 e. The molecule has 0 bridgehead atoms. The Morgan fingerprint density at radius 1 is 0.893 bits per heavy atom. The fraction of sp³-hybridized carbons (Fsp3) is 0.167. The van der Waals surface area contributed by atoms with Crippen LogP contribution in [0.1, 0.15) is 29.9 Å². The largest absolute Gasteiger partial charge is 0.346 e. The first-order valence-electron chi connectivity index (χ1n) is 9.53. The van der Waals surface area contributed by atoms with Crippen LogP contribution in [0.4, 0.5) is 0 Å². The van der Waals surface area contributed by atoms with Crippen molar-refractivity contribution in [3.8, 4) is 0 Å². The predicted molar refractivity (Wildman–Crippen MR) is 112 cm³/mol. The Bertz CT molecular complexity index is 1070. The highest BCUT2D eigenvalue weighted by molar-refractivity contribution is 5.79. The monoisotopic (exact) mass is 369 g/mol. The lowest BCUT2D eigenvalue weighted by Crippen LogP contribution is -2.30. The van der Waals surface area contributed by atoms with E-state index in [0.29, 0.717) is 6.42 Å². The van der Waals surface area contributed by atoms with Gasteiger partial charge in [0.1, 0.15) is 5.82 Å². The normalized spacial score (nSPS) is 12.0. The van der Waals surface area contributed by atoms with Crippen molar-refractivity contribution < 1.29 is 4.79 Å². The first-order valence-corrected chi connectivity index (χ1v) is 9.53. The first-order chi connectivity index (χ1) is 13.7. The van der Waals surface area contributed by atoms with E-state index < -0.39 is 0 Å². The van der Waals surface area contributed by atoms with E-state index in [2.05, 4.69) is 28.1 Å². The second kappa shape index (κ2) is 8.09. The highest BCUT2D eigenvalue weighted by Gasteiger charge is 2.18. The number of hydrogen-bond donors (Lipinski definition) is 1.